The van der Waals surface area contributed by atoms with Gasteiger partial charge in [0.15, 0.2) is 0 Å². The molecular weight excluding hydrogens is 174 g/mol. The van der Waals surface area contributed by atoms with Crippen molar-refractivity contribution < 1.29 is 13.9 Å². The van der Waals surface area contributed by atoms with Crippen LogP contribution in [-0.4, -0.2) is 11.5 Å². The van der Waals surface area contributed by atoms with Gasteiger partial charge < -0.3 is 5.11 Å². The van der Waals surface area contributed by atoms with E-state index < -0.39 is 12.3 Å². The van der Waals surface area contributed by atoms with Gasteiger partial charge in [-0.15, -0.1) is 0 Å². The van der Waals surface area contributed by atoms with Crippen LogP contribution < -0.4 is 0 Å². The molecule has 0 saturated heterocycles. The van der Waals surface area contributed by atoms with E-state index in [1.807, 2.05) is 0 Å². The van der Waals surface area contributed by atoms with Gasteiger partial charge in [0.2, 0.25) is 6.43 Å². The Morgan fingerprint density at radius 2 is 2.15 bits per heavy atom. The van der Waals surface area contributed by atoms with E-state index in [0.29, 0.717) is 6.42 Å². The van der Waals surface area contributed by atoms with E-state index >= 15 is 0 Å². The molecule has 0 heterocycles. The largest absolute Gasteiger partial charge is 0.508 e. The summed E-state index contributed by atoms with van der Waals surface area (Å²) in [7, 11) is 0. The van der Waals surface area contributed by atoms with Crippen molar-refractivity contribution in [3.8, 4) is 5.75 Å². The van der Waals surface area contributed by atoms with Crippen LogP contribution in [0.15, 0.2) is 24.3 Å². The van der Waals surface area contributed by atoms with Gasteiger partial charge in [0.05, 0.1) is 0 Å². The first kappa shape index (κ1) is 8.48. The topological polar surface area (TPSA) is 20.2 Å². The maximum atomic E-state index is 12.2. The predicted molar refractivity (Wildman–Crippen MR) is 45.0 cm³/mol. The van der Waals surface area contributed by atoms with Crippen LogP contribution >= 0.6 is 0 Å². The van der Waals surface area contributed by atoms with Gasteiger partial charge in [0, 0.05) is 5.92 Å². The van der Waals surface area contributed by atoms with Crippen LogP contribution in [-0.2, 0) is 0 Å². The summed E-state index contributed by atoms with van der Waals surface area (Å²) in [6.45, 7) is 0. The van der Waals surface area contributed by atoms with Gasteiger partial charge in [-0.1, -0.05) is 12.1 Å². The third kappa shape index (κ3) is 1.64. The molecule has 1 fully saturated rings. The van der Waals surface area contributed by atoms with E-state index in [0.717, 1.165) is 5.56 Å². The van der Waals surface area contributed by atoms with Gasteiger partial charge in [-0.2, -0.15) is 0 Å². The van der Waals surface area contributed by atoms with Crippen molar-refractivity contribution in [3.05, 3.63) is 29.8 Å². The lowest BCUT2D eigenvalue weighted by molar-refractivity contribution is 0.120. The van der Waals surface area contributed by atoms with E-state index in [1.165, 1.54) is 0 Å². The standard InChI is InChI=1S/C10H10F2O/c11-10(12)9-5-8(9)6-2-1-3-7(13)4-6/h1-4,8-10,13H,5H2. The van der Waals surface area contributed by atoms with Crippen LogP contribution in [0.25, 0.3) is 0 Å². The molecule has 1 aliphatic carbocycles. The van der Waals surface area contributed by atoms with Gasteiger partial charge >= 0.3 is 0 Å². The lowest BCUT2D eigenvalue weighted by Gasteiger charge is -2.00. The molecule has 2 unspecified atom stereocenters. The minimum atomic E-state index is -2.23. The van der Waals surface area contributed by atoms with Crippen LogP contribution in [0.4, 0.5) is 8.78 Å². The fraction of sp³-hybridized carbons (Fsp3) is 0.400. The van der Waals surface area contributed by atoms with E-state index in [2.05, 4.69) is 0 Å². The first-order valence-electron chi connectivity index (χ1n) is 4.25. The Balaban J connectivity index is 2.12. The number of hydrogen-bond donors (Lipinski definition) is 1. The molecule has 3 heteroatoms. The molecule has 1 saturated carbocycles. The number of alkyl halides is 2. The number of rotatable bonds is 2. The third-order valence-corrected chi connectivity index (χ3v) is 2.46. The Labute approximate surface area is 75.0 Å². The van der Waals surface area contributed by atoms with E-state index in [9.17, 15) is 8.78 Å². The molecule has 0 aromatic heterocycles. The van der Waals surface area contributed by atoms with Crippen LogP contribution in [0.3, 0.4) is 0 Å². The summed E-state index contributed by atoms with van der Waals surface area (Å²) in [5.74, 6) is -0.397. The quantitative estimate of drug-likeness (QED) is 0.749. The minimum absolute atomic E-state index is 0.0490. The van der Waals surface area contributed by atoms with Gasteiger partial charge in [-0.25, -0.2) is 8.78 Å². The second-order valence-corrected chi connectivity index (χ2v) is 3.44. The first-order valence-corrected chi connectivity index (χ1v) is 4.25. The van der Waals surface area contributed by atoms with Gasteiger partial charge in [0.1, 0.15) is 5.75 Å². The summed E-state index contributed by atoms with van der Waals surface area (Å²) in [6, 6.07) is 6.58. The molecule has 0 spiro atoms. The number of phenols is 1. The van der Waals surface area contributed by atoms with Crippen molar-refractivity contribution >= 4 is 0 Å². The molecule has 1 aromatic carbocycles. The van der Waals surface area contributed by atoms with Gasteiger partial charge in [-0.05, 0) is 30.0 Å². The van der Waals surface area contributed by atoms with Crippen molar-refractivity contribution in [2.24, 2.45) is 5.92 Å². The Morgan fingerprint density at radius 3 is 2.69 bits per heavy atom. The average Bonchev–Trinajstić information content (AvgIpc) is 2.82. The Hall–Kier alpha value is -1.12. The van der Waals surface area contributed by atoms with Crippen LogP contribution in [0.2, 0.25) is 0 Å². The van der Waals surface area contributed by atoms with Crippen molar-refractivity contribution in [2.75, 3.05) is 0 Å². The molecule has 2 atom stereocenters. The number of phenolic OH excluding ortho intramolecular Hbond substituents is 1. The lowest BCUT2D eigenvalue weighted by Crippen LogP contribution is -1.94. The smallest absolute Gasteiger partial charge is 0.242 e. The zero-order valence-electron chi connectivity index (χ0n) is 6.95. The molecule has 0 bridgehead atoms. The zero-order valence-corrected chi connectivity index (χ0v) is 6.95. The van der Waals surface area contributed by atoms with E-state index in [1.54, 1.807) is 24.3 Å². The molecule has 0 aliphatic heterocycles. The molecule has 1 aromatic rings. The number of benzene rings is 1. The van der Waals surface area contributed by atoms with Gasteiger partial charge in [-0.3, -0.25) is 0 Å². The summed E-state index contributed by atoms with van der Waals surface area (Å²) < 4.78 is 24.4. The molecule has 0 amide bonds. The Kier molecular flexibility index (Phi) is 1.94. The molecule has 70 valence electrons. The highest BCUT2D eigenvalue weighted by Gasteiger charge is 2.44. The molecule has 2 rings (SSSR count). The summed E-state index contributed by atoms with van der Waals surface area (Å²) in [6.07, 6.45) is -1.69. The molecule has 1 aliphatic rings. The Bertz CT molecular complexity index is 312. The number of halogens is 2. The van der Waals surface area contributed by atoms with Crippen LogP contribution in [0, 0.1) is 5.92 Å². The average molecular weight is 184 g/mol. The van der Waals surface area contributed by atoms with E-state index in [-0.39, 0.29) is 11.7 Å². The maximum absolute atomic E-state index is 12.2. The SMILES string of the molecule is Oc1cccc(C2CC2C(F)F)c1. The number of aromatic hydroxyl groups is 1. The second-order valence-electron chi connectivity index (χ2n) is 3.44. The van der Waals surface area contributed by atoms with E-state index in [4.69, 9.17) is 5.11 Å². The fourth-order valence-corrected chi connectivity index (χ4v) is 1.63. The highest BCUT2D eigenvalue weighted by Crippen LogP contribution is 2.51. The molecule has 13 heavy (non-hydrogen) atoms. The summed E-state index contributed by atoms with van der Waals surface area (Å²) in [5, 5.41) is 9.13. The monoisotopic (exact) mass is 184 g/mol. The van der Waals surface area contributed by atoms with Crippen molar-refractivity contribution in [2.45, 2.75) is 18.8 Å². The summed E-state index contributed by atoms with van der Waals surface area (Å²) in [4.78, 5) is 0. The number of hydrogen-bond acceptors (Lipinski definition) is 1. The highest BCUT2D eigenvalue weighted by atomic mass is 19.3. The first-order chi connectivity index (χ1) is 6.18. The second kappa shape index (κ2) is 2.98. The summed E-state index contributed by atoms with van der Waals surface area (Å²) >= 11 is 0. The highest BCUT2D eigenvalue weighted by molar-refractivity contribution is 5.33. The van der Waals surface area contributed by atoms with Crippen LogP contribution in [0.5, 0.6) is 5.75 Å². The lowest BCUT2D eigenvalue weighted by atomic mass is 10.1. The maximum Gasteiger partial charge on any atom is 0.242 e. The van der Waals surface area contributed by atoms with Gasteiger partial charge in [0.25, 0.3) is 0 Å². The van der Waals surface area contributed by atoms with Crippen LogP contribution in [0.1, 0.15) is 17.9 Å². The third-order valence-electron chi connectivity index (χ3n) is 2.46. The molecular formula is C10H10F2O. The fourth-order valence-electron chi connectivity index (χ4n) is 1.63. The Morgan fingerprint density at radius 1 is 1.38 bits per heavy atom. The predicted octanol–water partition coefficient (Wildman–Crippen LogP) is 2.76. The molecule has 0 radical (unpaired) electrons. The van der Waals surface area contributed by atoms with Crippen molar-refractivity contribution in [1.82, 2.24) is 0 Å². The molecule has 1 N–H and O–H groups in total. The minimum Gasteiger partial charge on any atom is -0.508 e. The van der Waals surface area contributed by atoms with Crippen molar-refractivity contribution in [1.29, 1.82) is 0 Å². The normalized spacial score (nSPS) is 26.4. The zero-order chi connectivity index (χ0) is 9.42. The molecule has 1 nitrogen and oxygen atoms in total. The summed E-state index contributed by atoms with van der Waals surface area (Å²) in [5.41, 5.74) is 0.824. The van der Waals surface area contributed by atoms with Crippen molar-refractivity contribution in [3.63, 3.8) is 0 Å².